The van der Waals surface area contributed by atoms with E-state index in [1.165, 1.54) is 12.0 Å². The van der Waals surface area contributed by atoms with E-state index in [2.05, 4.69) is 29.7 Å². The molecule has 6 rings (SSSR count). The lowest BCUT2D eigenvalue weighted by Crippen LogP contribution is -2.47. The molecule has 2 amide bonds. The van der Waals surface area contributed by atoms with E-state index in [9.17, 15) is 14.7 Å². The molecule has 3 N–H and O–H groups in total. The Bertz CT molecular complexity index is 1890. The summed E-state index contributed by atoms with van der Waals surface area (Å²) in [6, 6.07) is 42.6. The number of aliphatic hydroxyl groups is 1. The number of ether oxygens (including phenoxy) is 3. The molecule has 1 fully saturated rings. The first kappa shape index (κ1) is 36.8. The quantitative estimate of drug-likeness (QED) is 0.0838. The van der Waals surface area contributed by atoms with E-state index in [0.717, 1.165) is 44.7 Å². The first-order valence-corrected chi connectivity index (χ1v) is 18.4. The third kappa shape index (κ3) is 9.48. The second-order valence-corrected chi connectivity index (χ2v) is 13.9. The van der Waals surface area contributed by atoms with Crippen LogP contribution in [0.3, 0.4) is 0 Å². The topological polar surface area (TPSA) is 106 Å². The summed E-state index contributed by atoms with van der Waals surface area (Å²) in [6.45, 7) is 2.42. The van der Waals surface area contributed by atoms with Gasteiger partial charge in [-0.3, -0.25) is 0 Å². The average Bonchev–Trinajstić information content (AvgIpc) is 3.20. The molecular weight excluding hydrogens is 673 g/mol. The lowest BCUT2D eigenvalue weighted by molar-refractivity contribution is -0.268. The van der Waals surface area contributed by atoms with Crippen molar-refractivity contribution in [3.05, 3.63) is 161 Å². The number of amides is 2. The molecule has 52 heavy (non-hydrogen) atoms. The van der Waals surface area contributed by atoms with Crippen molar-refractivity contribution in [3.63, 3.8) is 0 Å². The molecule has 5 aromatic carbocycles. The number of benzene rings is 5. The molecule has 0 radical (unpaired) electrons. The zero-order valence-electron chi connectivity index (χ0n) is 29.3. The number of aliphatic hydroxyl groups excluding tert-OH is 1. The number of rotatable bonds is 13. The van der Waals surface area contributed by atoms with Crippen LogP contribution >= 0.6 is 11.8 Å². The number of carbonyl (C=O) groups is 2. The molecule has 0 aliphatic carbocycles. The second-order valence-electron chi connectivity index (χ2n) is 12.8. The lowest BCUT2D eigenvalue weighted by Gasteiger charge is -2.41. The minimum absolute atomic E-state index is 0.00716. The van der Waals surface area contributed by atoms with Crippen LogP contribution in [0.15, 0.2) is 138 Å². The highest BCUT2D eigenvalue weighted by atomic mass is 32.2. The number of hydrogen-bond donors (Lipinski definition) is 3. The predicted octanol–water partition coefficient (Wildman–Crippen LogP) is 8.01. The van der Waals surface area contributed by atoms with Crippen molar-refractivity contribution in [2.75, 3.05) is 12.9 Å². The molecule has 268 valence electrons. The van der Waals surface area contributed by atoms with Crippen LogP contribution in [-0.4, -0.2) is 42.1 Å². The average molecular weight is 717 g/mol. The molecule has 5 atom stereocenters. The Labute approximate surface area is 309 Å². The maximum atomic E-state index is 13.0. The van der Waals surface area contributed by atoms with Gasteiger partial charge in [0.05, 0.1) is 25.9 Å². The smallest absolute Gasteiger partial charge is 0.328 e. The van der Waals surface area contributed by atoms with E-state index in [1.54, 1.807) is 11.8 Å². The fourth-order valence-electron chi connectivity index (χ4n) is 6.35. The van der Waals surface area contributed by atoms with Crippen molar-refractivity contribution >= 4 is 23.8 Å². The Morgan fingerprint density at radius 2 is 1.44 bits per heavy atom. The molecule has 1 saturated heterocycles. The molecule has 0 saturated carbocycles. The summed E-state index contributed by atoms with van der Waals surface area (Å²) in [5.41, 5.74) is 6.61. The van der Waals surface area contributed by atoms with Crippen molar-refractivity contribution in [2.45, 2.75) is 55.9 Å². The Balaban J connectivity index is 1.15. The van der Waals surface area contributed by atoms with Crippen molar-refractivity contribution in [1.29, 1.82) is 0 Å². The first-order valence-electron chi connectivity index (χ1n) is 17.4. The highest BCUT2D eigenvalue weighted by molar-refractivity contribution is 7.99. The highest BCUT2D eigenvalue weighted by Crippen LogP contribution is 2.43. The lowest BCUT2D eigenvalue weighted by atomic mass is 9.91. The van der Waals surface area contributed by atoms with Crippen molar-refractivity contribution in [2.24, 2.45) is 5.92 Å². The number of nitrogens with one attached hydrogen (secondary N) is 2. The number of esters is 1. The fraction of sp³-hybridized carbons (Fsp3) is 0.256. The summed E-state index contributed by atoms with van der Waals surface area (Å²) in [6.07, 6.45) is -0.526. The third-order valence-corrected chi connectivity index (χ3v) is 10.4. The monoisotopic (exact) mass is 716 g/mol. The van der Waals surface area contributed by atoms with E-state index in [0.29, 0.717) is 6.42 Å². The molecule has 9 heteroatoms. The summed E-state index contributed by atoms with van der Waals surface area (Å²) in [4.78, 5) is 26.6. The Morgan fingerprint density at radius 1 is 0.788 bits per heavy atom. The predicted molar refractivity (Wildman–Crippen MR) is 203 cm³/mol. The molecular formula is C43H44N2O6S. The van der Waals surface area contributed by atoms with Gasteiger partial charge in [-0.1, -0.05) is 128 Å². The second kappa shape index (κ2) is 18.0. The third-order valence-electron chi connectivity index (χ3n) is 9.31. The summed E-state index contributed by atoms with van der Waals surface area (Å²) < 4.78 is 18.3. The highest BCUT2D eigenvalue weighted by Gasteiger charge is 2.38. The summed E-state index contributed by atoms with van der Waals surface area (Å²) >= 11 is 1.77. The molecule has 8 nitrogen and oxygen atoms in total. The Hall–Kier alpha value is -4.93. The molecule has 0 spiro atoms. The van der Waals surface area contributed by atoms with Crippen LogP contribution in [0.4, 0.5) is 4.79 Å². The van der Waals surface area contributed by atoms with Crippen LogP contribution in [0.1, 0.15) is 47.1 Å². The van der Waals surface area contributed by atoms with Crippen LogP contribution in [0.2, 0.25) is 0 Å². The molecule has 5 aromatic rings. The van der Waals surface area contributed by atoms with Gasteiger partial charge in [0.25, 0.3) is 0 Å². The maximum absolute atomic E-state index is 13.0. The molecule has 0 aromatic heterocycles. The number of carbonyl (C=O) groups excluding carboxylic acids is 2. The van der Waals surface area contributed by atoms with Gasteiger partial charge < -0.3 is 30.0 Å². The van der Waals surface area contributed by atoms with E-state index >= 15 is 0 Å². The van der Waals surface area contributed by atoms with Crippen LogP contribution in [0.5, 0.6) is 0 Å². The fourth-order valence-corrected chi connectivity index (χ4v) is 7.44. The standard InChI is InChI=1S/C43H44N2O6S/c1-29-39(28-52-36-14-7-4-8-15-36)50-42(51-40(29)33-19-17-31(27-46)18-20-33)34-23-21-32(22-24-34)37-16-10-9-13-35(37)26-44-43(48)45-38(41(47)49-2)25-30-11-5-3-6-12-30/h3-24,29,38-40,42,46H,25-28H2,1-2H3,(H2,44,45,48)/t29-,38-,39+,40+,42+/m0/s1. The van der Waals surface area contributed by atoms with Gasteiger partial charge in [0.1, 0.15) is 6.04 Å². The van der Waals surface area contributed by atoms with Gasteiger partial charge in [0.15, 0.2) is 6.29 Å². The molecule has 0 unspecified atom stereocenters. The first-order chi connectivity index (χ1) is 25.4. The zero-order valence-corrected chi connectivity index (χ0v) is 30.1. The number of thioether (sulfide) groups is 1. The minimum atomic E-state index is -0.821. The van der Waals surface area contributed by atoms with E-state index < -0.39 is 24.3 Å². The van der Waals surface area contributed by atoms with Crippen molar-refractivity contribution in [3.8, 4) is 11.1 Å². The van der Waals surface area contributed by atoms with E-state index in [1.807, 2.05) is 121 Å². The maximum Gasteiger partial charge on any atom is 0.328 e. The van der Waals surface area contributed by atoms with Crippen LogP contribution < -0.4 is 10.6 Å². The number of urea groups is 1. The van der Waals surface area contributed by atoms with Crippen LogP contribution in [-0.2, 0) is 38.6 Å². The summed E-state index contributed by atoms with van der Waals surface area (Å²) in [5.74, 6) is 0.353. The van der Waals surface area contributed by atoms with Gasteiger partial charge >= 0.3 is 12.0 Å². The van der Waals surface area contributed by atoms with Crippen LogP contribution in [0, 0.1) is 5.92 Å². The molecule has 0 bridgehead atoms. The van der Waals surface area contributed by atoms with Crippen molar-refractivity contribution < 1.29 is 28.9 Å². The Morgan fingerprint density at radius 3 is 2.13 bits per heavy atom. The van der Waals surface area contributed by atoms with E-state index in [-0.39, 0.29) is 31.3 Å². The van der Waals surface area contributed by atoms with Gasteiger partial charge in [0.2, 0.25) is 0 Å². The molecule has 1 heterocycles. The number of methoxy groups -OCH3 is 1. The van der Waals surface area contributed by atoms with Crippen LogP contribution in [0.25, 0.3) is 11.1 Å². The van der Waals surface area contributed by atoms with Gasteiger partial charge in [0, 0.05) is 35.1 Å². The largest absolute Gasteiger partial charge is 0.467 e. The van der Waals surface area contributed by atoms with Gasteiger partial charge in [-0.05, 0) is 45.5 Å². The zero-order chi connectivity index (χ0) is 36.3. The summed E-state index contributed by atoms with van der Waals surface area (Å²) in [5, 5.41) is 15.3. The van der Waals surface area contributed by atoms with Gasteiger partial charge in [-0.15, -0.1) is 11.8 Å². The van der Waals surface area contributed by atoms with Gasteiger partial charge in [-0.2, -0.15) is 0 Å². The SMILES string of the molecule is COC(=O)[C@H](Cc1ccccc1)NC(=O)NCc1ccccc1-c1ccc([C@@H]2O[C@H](CSc3ccccc3)[C@H](C)[C@H](c3ccc(CO)cc3)O2)cc1. The molecule has 1 aliphatic rings. The van der Waals surface area contributed by atoms with Crippen molar-refractivity contribution in [1.82, 2.24) is 10.6 Å². The normalized spacial score (nSPS) is 19.0. The molecule has 1 aliphatic heterocycles. The van der Waals surface area contributed by atoms with E-state index in [4.69, 9.17) is 14.2 Å². The minimum Gasteiger partial charge on any atom is -0.467 e. The Kier molecular flexibility index (Phi) is 12.8. The summed E-state index contributed by atoms with van der Waals surface area (Å²) in [7, 11) is 1.31. The number of hydrogen-bond acceptors (Lipinski definition) is 7. The van der Waals surface area contributed by atoms with Gasteiger partial charge in [-0.25, -0.2) is 9.59 Å².